The smallest absolute Gasteiger partial charge is 0.224 e. The van der Waals surface area contributed by atoms with Crippen LogP contribution in [0.4, 0.5) is 11.8 Å². The first-order valence-electron chi connectivity index (χ1n) is 13.3. The Morgan fingerprint density at radius 3 is 2.64 bits per heavy atom. The molecule has 3 aliphatic rings. The highest BCUT2D eigenvalue weighted by Crippen LogP contribution is 2.24. The second-order valence-electron chi connectivity index (χ2n) is 9.83. The molecule has 0 aliphatic carbocycles. The molecular weight excluding hydrogens is 414 g/mol. The number of hydrogen-bond donors (Lipinski definition) is 3. The number of nitrogens with one attached hydrogen (secondary N) is 3. The SMILES string of the molecule is CCN1CCCC(Nc2nccc(N3CCCCCC3)n2)C1CCNC(=O)C1CCNCC1. The van der Waals surface area contributed by atoms with Crippen molar-refractivity contribution in [3.8, 4) is 0 Å². The molecule has 0 saturated carbocycles. The van der Waals surface area contributed by atoms with Crippen molar-refractivity contribution in [2.24, 2.45) is 5.92 Å². The normalized spacial score (nSPS) is 25.4. The monoisotopic (exact) mass is 457 g/mol. The summed E-state index contributed by atoms with van der Waals surface area (Å²) in [6.45, 7) is 9.19. The van der Waals surface area contributed by atoms with Crippen LogP contribution in [0.15, 0.2) is 12.3 Å². The van der Waals surface area contributed by atoms with E-state index in [0.717, 1.165) is 83.3 Å². The number of hydrogen-bond acceptors (Lipinski definition) is 7. The molecule has 33 heavy (non-hydrogen) atoms. The molecule has 0 spiro atoms. The Morgan fingerprint density at radius 1 is 1.09 bits per heavy atom. The average Bonchev–Trinajstić information content (AvgIpc) is 3.15. The standard InChI is InChI=1S/C25H43N7O/c1-2-31-19-7-8-21(22(31)11-15-27-24(33)20-9-13-26-14-10-20)29-25-28-16-12-23(30-25)32-17-5-3-4-6-18-32/h12,16,20-22,26H,2-11,13-15,17-19H2,1H3,(H,27,33)(H,28,29,30). The second kappa shape index (κ2) is 12.5. The summed E-state index contributed by atoms with van der Waals surface area (Å²) >= 11 is 0. The molecule has 2 unspecified atom stereocenters. The molecule has 1 aromatic rings. The Kier molecular flexibility index (Phi) is 9.17. The van der Waals surface area contributed by atoms with E-state index in [0.29, 0.717) is 12.1 Å². The third kappa shape index (κ3) is 6.79. The number of piperidine rings is 2. The Bertz CT molecular complexity index is 731. The van der Waals surface area contributed by atoms with Gasteiger partial charge >= 0.3 is 0 Å². The molecule has 3 saturated heterocycles. The number of rotatable bonds is 8. The number of anilines is 2. The zero-order chi connectivity index (χ0) is 22.9. The summed E-state index contributed by atoms with van der Waals surface area (Å²) in [4.78, 5) is 27.0. The van der Waals surface area contributed by atoms with Gasteiger partial charge in [-0.25, -0.2) is 4.98 Å². The van der Waals surface area contributed by atoms with Crippen molar-refractivity contribution < 1.29 is 4.79 Å². The quantitative estimate of drug-likeness (QED) is 0.553. The summed E-state index contributed by atoms with van der Waals surface area (Å²) in [5, 5.41) is 10.2. The molecular formula is C25H43N7O. The Balaban J connectivity index is 1.35. The third-order valence-corrected chi connectivity index (χ3v) is 7.63. The minimum Gasteiger partial charge on any atom is -0.356 e. The van der Waals surface area contributed by atoms with Crippen LogP contribution in [0.2, 0.25) is 0 Å². The Hall–Kier alpha value is -1.93. The largest absolute Gasteiger partial charge is 0.356 e. The average molecular weight is 458 g/mol. The molecule has 1 aromatic heterocycles. The van der Waals surface area contributed by atoms with Gasteiger partial charge in [-0.1, -0.05) is 19.8 Å². The van der Waals surface area contributed by atoms with Gasteiger partial charge in [-0.3, -0.25) is 9.69 Å². The van der Waals surface area contributed by atoms with Crippen LogP contribution in [0, 0.1) is 5.92 Å². The van der Waals surface area contributed by atoms with Gasteiger partial charge in [-0.15, -0.1) is 0 Å². The van der Waals surface area contributed by atoms with E-state index in [4.69, 9.17) is 4.98 Å². The van der Waals surface area contributed by atoms with E-state index in [1.54, 1.807) is 0 Å². The predicted octanol–water partition coefficient (Wildman–Crippen LogP) is 2.63. The van der Waals surface area contributed by atoms with Crippen molar-refractivity contribution in [3.05, 3.63) is 12.3 Å². The first-order valence-corrected chi connectivity index (χ1v) is 13.3. The molecule has 4 rings (SSSR count). The first kappa shape index (κ1) is 24.2. The fourth-order valence-electron chi connectivity index (χ4n) is 5.70. The number of likely N-dealkylation sites (N-methyl/N-ethyl adjacent to an activating group) is 1. The summed E-state index contributed by atoms with van der Waals surface area (Å²) < 4.78 is 0. The molecule has 184 valence electrons. The highest BCUT2D eigenvalue weighted by molar-refractivity contribution is 5.78. The van der Waals surface area contributed by atoms with Crippen LogP contribution in [-0.4, -0.2) is 78.7 Å². The maximum absolute atomic E-state index is 12.6. The second-order valence-corrected chi connectivity index (χ2v) is 9.83. The lowest BCUT2D eigenvalue weighted by atomic mass is 9.93. The fourth-order valence-corrected chi connectivity index (χ4v) is 5.70. The molecule has 3 N–H and O–H groups in total. The summed E-state index contributed by atoms with van der Waals surface area (Å²) in [5.74, 6) is 2.18. The summed E-state index contributed by atoms with van der Waals surface area (Å²) in [7, 11) is 0. The number of aromatic nitrogens is 2. The van der Waals surface area contributed by atoms with Crippen LogP contribution < -0.4 is 20.9 Å². The number of carbonyl (C=O) groups excluding carboxylic acids is 1. The van der Waals surface area contributed by atoms with E-state index in [1.165, 1.54) is 32.1 Å². The van der Waals surface area contributed by atoms with E-state index in [-0.39, 0.29) is 11.8 Å². The van der Waals surface area contributed by atoms with Gasteiger partial charge in [0.2, 0.25) is 11.9 Å². The van der Waals surface area contributed by atoms with Crippen molar-refractivity contribution in [1.29, 1.82) is 0 Å². The minimum absolute atomic E-state index is 0.170. The zero-order valence-corrected chi connectivity index (χ0v) is 20.4. The third-order valence-electron chi connectivity index (χ3n) is 7.63. The van der Waals surface area contributed by atoms with Crippen LogP contribution in [0.1, 0.15) is 64.7 Å². The summed E-state index contributed by atoms with van der Waals surface area (Å²) in [5.41, 5.74) is 0. The Labute approximate surface area is 199 Å². The lowest BCUT2D eigenvalue weighted by Gasteiger charge is -2.41. The predicted molar refractivity (Wildman–Crippen MR) is 134 cm³/mol. The Morgan fingerprint density at radius 2 is 1.88 bits per heavy atom. The van der Waals surface area contributed by atoms with Crippen molar-refractivity contribution in [2.45, 2.75) is 76.8 Å². The van der Waals surface area contributed by atoms with Crippen LogP contribution in [0.5, 0.6) is 0 Å². The molecule has 3 aliphatic heterocycles. The number of amides is 1. The van der Waals surface area contributed by atoms with Gasteiger partial charge in [0.1, 0.15) is 5.82 Å². The van der Waals surface area contributed by atoms with Crippen molar-refractivity contribution in [2.75, 3.05) is 56.0 Å². The molecule has 0 bridgehead atoms. The van der Waals surface area contributed by atoms with E-state index < -0.39 is 0 Å². The molecule has 4 heterocycles. The molecule has 8 heteroatoms. The lowest BCUT2D eigenvalue weighted by molar-refractivity contribution is -0.125. The number of likely N-dealkylation sites (tertiary alicyclic amines) is 1. The van der Waals surface area contributed by atoms with Crippen molar-refractivity contribution in [3.63, 3.8) is 0 Å². The topological polar surface area (TPSA) is 85.4 Å². The highest BCUT2D eigenvalue weighted by Gasteiger charge is 2.31. The van der Waals surface area contributed by atoms with Crippen LogP contribution in [-0.2, 0) is 4.79 Å². The molecule has 3 fully saturated rings. The number of carbonyl (C=O) groups is 1. The van der Waals surface area contributed by atoms with E-state index in [9.17, 15) is 4.79 Å². The van der Waals surface area contributed by atoms with Crippen LogP contribution >= 0.6 is 0 Å². The fraction of sp³-hybridized carbons (Fsp3) is 0.800. The van der Waals surface area contributed by atoms with Crippen molar-refractivity contribution >= 4 is 17.7 Å². The maximum Gasteiger partial charge on any atom is 0.224 e. The van der Waals surface area contributed by atoms with Gasteiger partial charge in [-0.05, 0) is 77.2 Å². The molecule has 0 aromatic carbocycles. The molecule has 8 nitrogen and oxygen atoms in total. The maximum atomic E-state index is 12.6. The van der Waals surface area contributed by atoms with Gasteiger partial charge < -0.3 is 20.9 Å². The van der Waals surface area contributed by atoms with Gasteiger partial charge in [0, 0.05) is 43.8 Å². The van der Waals surface area contributed by atoms with E-state index in [2.05, 4.69) is 37.7 Å². The van der Waals surface area contributed by atoms with Gasteiger partial charge in [0.15, 0.2) is 0 Å². The first-order chi connectivity index (χ1) is 16.2. The highest BCUT2D eigenvalue weighted by atomic mass is 16.1. The number of nitrogens with zero attached hydrogens (tertiary/aromatic N) is 4. The molecule has 0 radical (unpaired) electrons. The van der Waals surface area contributed by atoms with Gasteiger partial charge in [0.05, 0.1) is 0 Å². The summed E-state index contributed by atoms with van der Waals surface area (Å²) in [6, 6.07) is 2.72. The minimum atomic E-state index is 0.170. The van der Waals surface area contributed by atoms with Gasteiger partial charge in [-0.2, -0.15) is 4.98 Å². The molecule has 1 amide bonds. The van der Waals surface area contributed by atoms with Gasteiger partial charge in [0.25, 0.3) is 0 Å². The van der Waals surface area contributed by atoms with Crippen LogP contribution in [0.25, 0.3) is 0 Å². The van der Waals surface area contributed by atoms with E-state index in [1.807, 2.05) is 12.3 Å². The van der Waals surface area contributed by atoms with Crippen LogP contribution in [0.3, 0.4) is 0 Å². The zero-order valence-electron chi connectivity index (χ0n) is 20.4. The molecule has 2 atom stereocenters. The van der Waals surface area contributed by atoms with E-state index >= 15 is 0 Å². The lowest BCUT2D eigenvalue weighted by Crippen LogP contribution is -2.52. The summed E-state index contributed by atoms with van der Waals surface area (Å²) in [6.07, 6.45) is 12.2. The van der Waals surface area contributed by atoms with Crippen molar-refractivity contribution in [1.82, 2.24) is 25.5 Å².